The average Bonchev–Trinajstić information content (AvgIpc) is 1.38. The predicted molar refractivity (Wildman–Crippen MR) is 29.3 cm³/mol. The molecule has 0 aromatic carbocycles. The standard InChI is InChI=1S/C2H6Cl2Ge/c1-2-5(3)4/h5H,2H2,1H3. The Hall–Kier alpha value is 1.12. The maximum absolute atomic E-state index is 5.42. The second-order valence-electron chi connectivity index (χ2n) is 0.799. The molecule has 0 nitrogen and oxygen atoms in total. The van der Waals surface area contributed by atoms with Crippen LogP contribution in [0, 0.1) is 0 Å². The van der Waals surface area contributed by atoms with Crippen molar-refractivity contribution in [1.82, 2.24) is 0 Å². The van der Waals surface area contributed by atoms with Crippen LogP contribution in [-0.4, -0.2) is 12.5 Å². The molecule has 0 aromatic rings. The molecule has 32 valence electrons. The van der Waals surface area contributed by atoms with Crippen LogP contribution in [0.25, 0.3) is 0 Å². The summed E-state index contributed by atoms with van der Waals surface area (Å²) in [5.74, 6) is 0. The quantitative estimate of drug-likeness (QED) is 0.530. The third kappa shape index (κ3) is 5.12. The Morgan fingerprint density at radius 2 is 1.80 bits per heavy atom. The van der Waals surface area contributed by atoms with Crippen LogP contribution in [0.3, 0.4) is 0 Å². The molecule has 0 saturated carbocycles. The van der Waals surface area contributed by atoms with Gasteiger partial charge in [-0.05, 0) is 0 Å². The van der Waals surface area contributed by atoms with E-state index in [1.54, 1.807) is 0 Å². The van der Waals surface area contributed by atoms with Gasteiger partial charge in [-0.15, -0.1) is 0 Å². The van der Waals surface area contributed by atoms with Crippen LogP contribution in [-0.2, 0) is 0 Å². The summed E-state index contributed by atoms with van der Waals surface area (Å²) in [6.45, 7) is 2.02. The summed E-state index contributed by atoms with van der Waals surface area (Å²) in [5.41, 5.74) is 0. The number of hydrogen-bond donors (Lipinski definition) is 0. The first-order valence-corrected chi connectivity index (χ1v) is 9.63. The van der Waals surface area contributed by atoms with Gasteiger partial charge in [0, 0.05) is 0 Å². The van der Waals surface area contributed by atoms with E-state index in [1.165, 1.54) is 0 Å². The zero-order valence-corrected chi connectivity index (χ0v) is 6.97. The maximum atomic E-state index is 5.42. The van der Waals surface area contributed by atoms with Gasteiger partial charge >= 0.3 is 44.7 Å². The monoisotopic (exact) mass is 174 g/mol. The van der Waals surface area contributed by atoms with Crippen LogP contribution < -0.4 is 0 Å². The molecule has 0 aliphatic heterocycles. The van der Waals surface area contributed by atoms with Gasteiger partial charge in [0.25, 0.3) is 0 Å². The second kappa shape index (κ2) is 3.32. The van der Waals surface area contributed by atoms with Crippen molar-refractivity contribution in [2.45, 2.75) is 12.2 Å². The Morgan fingerprint density at radius 3 is 1.80 bits per heavy atom. The fourth-order valence-electron chi connectivity index (χ4n) is 0. The van der Waals surface area contributed by atoms with Crippen LogP contribution in [0.1, 0.15) is 6.92 Å². The zero-order valence-electron chi connectivity index (χ0n) is 3.04. The molecule has 0 fully saturated rings. The Kier molecular flexibility index (Phi) is 4.06. The molecule has 0 heterocycles. The number of rotatable bonds is 1. The first-order chi connectivity index (χ1) is 2.27. The van der Waals surface area contributed by atoms with E-state index in [4.69, 9.17) is 20.0 Å². The molecule has 0 unspecified atom stereocenters. The fraction of sp³-hybridized carbons (Fsp3) is 1.00. The van der Waals surface area contributed by atoms with Gasteiger partial charge in [0.05, 0.1) is 0 Å². The fourth-order valence-corrected chi connectivity index (χ4v) is 0. The third-order valence-electron chi connectivity index (χ3n) is 0.309. The van der Waals surface area contributed by atoms with Crippen molar-refractivity contribution in [3.63, 3.8) is 0 Å². The van der Waals surface area contributed by atoms with E-state index in [9.17, 15) is 0 Å². The van der Waals surface area contributed by atoms with Crippen molar-refractivity contribution in [3.8, 4) is 0 Å². The van der Waals surface area contributed by atoms with Crippen molar-refractivity contribution in [1.29, 1.82) is 0 Å². The van der Waals surface area contributed by atoms with E-state index in [2.05, 4.69) is 0 Å². The van der Waals surface area contributed by atoms with Gasteiger partial charge in [-0.25, -0.2) is 0 Å². The van der Waals surface area contributed by atoms with Crippen LogP contribution in [0.5, 0.6) is 0 Å². The Morgan fingerprint density at radius 1 is 1.60 bits per heavy atom. The van der Waals surface area contributed by atoms with Gasteiger partial charge < -0.3 is 0 Å². The summed E-state index contributed by atoms with van der Waals surface area (Å²) in [6, 6.07) is 0. The van der Waals surface area contributed by atoms with Crippen molar-refractivity contribution in [3.05, 3.63) is 0 Å². The topological polar surface area (TPSA) is 0 Å². The molecule has 5 heavy (non-hydrogen) atoms. The van der Waals surface area contributed by atoms with Crippen LogP contribution >= 0.6 is 20.0 Å². The summed E-state index contributed by atoms with van der Waals surface area (Å²) in [5, 5.41) is 1.02. The molecule has 0 N–H and O–H groups in total. The van der Waals surface area contributed by atoms with Gasteiger partial charge in [0.2, 0.25) is 0 Å². The van der Waals surface area contributed by atoms with E-state index >= 15 is 0 Å². The van der Waals surface area contributed by atoms with Crippen LogP contribution in [0.4, 0.5) is 0 Å². The molecule has 0 amide bonds. The molecule has 0 saturated heterocycles. The Balaban J connectivity index is 2.54. The summed E-state index contributed by atoms with van der Waals surface area (Å²) >= 11 is -1.57. The minimum absolute atomic E-state index is 1.02. The minimum atomic E-state index is -1.57. The Bertz CT molecular complexity index is 21.6. The van der Waals surface area contributed by atoms with Gasteiger partial charge in [-0.3, -0.25) is 0 Å². The van der Waals surface area contributed by atoms with Crippen molar-refractivity contribution < 1.29 is 0 Å². The average molecular weight is 174 g/mol. The van der Waals surface area contributed by atoms with Crippen molar-refractivity contribution in [2.75, 3.05) is 0 Å². The van der Waals surface area contributed by atoms with E-state index in [0.717, 1.165) is 5.25 Å². The van der Waals surface area contributed by atoms with Crippen molar-refractivity contribution in [2.24, 2.45) is 0 Å². The molecule has 0 aromatic heterocycles. The van der Waals surface area contributed by atoms with Crippen LogP contribution in [0.2, 0.25) is 5.25 Å². The van der Waals surface area contributed by atoms with E-state index in [-0.39, 0.29) is 0 Å². The molecule has 0 rings (SSSR count). The molecule has 0 aliphatic carbocycles. The molecule has 0 radical (unpaired) electrons. The summed E-state index contributed by atoms with van der Waals surface area (Å²) in [6.07, 6.45) is 0. The van der Waals surface area contributed by atoms with Gasteiger partial charge in [0.15, 0.2) is 0 Å². The molecular weight excluding hydrogens is 168 g/mol. The predicted octanol–water partition coefficient (Wildman–Crippen LogP) is 1.70. The van der Waals surface area contributed by atoms with Gasteiger partial charge in [-0.2, -0.15) is 0 Å². The van der Waals surface area contributed by atoms with Crippen LogP contribution in [0.15, 0.2) is 0 Å². The normalized spacial score (nSPS) is 9.60. The molecule has 3 heteroatoms. The summed E-state index contributed by atoms with van der Waals surface area (Å²) < 4.78 is 0. The molecule has 0 bridgehead atoms. The molecule has 0 aliphatic rings. The molecule has 0 spiro atoms. The first kappa shape index (κ1) is 6.12. The third-order valence-corrected chi connectivity index (χ3v) is 4.81. The number of halogens is 2. The summed E-state index contributed by atoms with van der Waals surface area (Å²) in [4.78, 5) is 0. The number of hydrogen-bond acceptors (Lipinski definition) is 0. The first-order valence-electron chi connectivity index (χ1n) is 1.55. The van der Waals surface area contributed by atoms with E-state index < -0.39 is 12.5 Å². The Labute approximate surface area is 44.9 Å². The zero-order chi connectivity index (χ0) is 4.28. The van der Waals surface area contributed by atoms with E-state index in [0.29, 0.717) is 0 Å². The van der Waals surface area contributed by atoms with Gasteiger partial charge in [0.1, 0.15) is 0 Å². The van der Waals surface area contributed by atoms with E-state index in [1.807, 2.05) is 6.92 Å². The second-order valence-corrected chi connectivity index (χ2v) is 10.8. The molecular formula is C2H6Cl2Ge. The van der Waals surface area contributed by atoms with Crippen molar-refractivity contribution >= 4 is 32.5 Å². The summed E-state index contributed by atoms with van der Waals surface area (Å²) in [7, 11) is 10.8. The molecule has 0 atom stereocenters. The SMILES string of the molecule is C[CH2][GeH]([Cl])[Cl]. The van der Waals surface area contributed by atoms with Gasteiger partial charge in [-0.1, -0.05) is 0 Å².